The van der Waals surface area contributed by atoms with Gasteiger partial charge in [0.25, 0.3) is 0 Å². The van der Waals surface area contributed by atoms with E-state index in [1.165, 1.54) is 0 Å². The van der Waals surface area contributed by atoms with E-state index >= 15 is 0 Å². The lowest BCUT2D eigenvalue weighted by Gasteiger charge is -2.31. The van der Waals surface area contributed by atoms with Gasteiger partial charge in [0.2, 0.25) is 0 Å². The summed E-state index contributed by atoms with van der Waals surface area (Å²) in [7, 11) is 0. The number of benzene rings is 1. The number of hydrogen-bond donors (Lipinski definition) is 1. The maximum Gasteiger partial charge on any atom is 0.119 e. The van der Waals surface area contributed by atoms with Gasteiger partial charge in [-0.15, -0.1) is 0 Å². The van der Waals surface area contributed by atoms with Gasteiger partial charge in [-0.2, -0.15) is 0 Å². The second kappa shape index (κ2) is 4.50. The van der Waals surface area contributed by atoms with Crippen molar-refractivity contribution in [3.63, 3.8) is 0 Å². The van der Waals surface area contributed by atoms with Crippen molar-refractivity contribution in [2.45, 2.75) is 45.4 Å². The molecule has 0 aromatic heterocycles. The summed E-state index contributed by atoms with van der Waals surface area (Å²) in [6.45, 7) is 6.58. The Balaban J connectivity index is 3.17. The minimum Gasteiger partial charge on any atom is -0.508 e. The highest BCUT2D eigenvalue weighted by Gasteiger charge is 2.28. The van der Waals surface area contributed by atoms with E-state index in [2.05, 4.69) is 20.8 Å². The second-order valence-electron chi connectivity index (χ2n) is 3.86. The van der Waals surface area contributed by atoms with Crippen LogP contribution < -0.4 is 0 Å². The Morgan fingerprint density at radius 2 is 1.50 bits per heavy atom. The minimum absolute atomic E-state index is 0.158. The van der Waals surface area contributed by atoms with E-state index in [-0.39, 0.29) is 5.41 Å². The highest BCUT2D eigenvalue weighted by atomic mass is 16.3. The Kier molecular flexibility index (Phi) is 3.56. The monoisotopic (exact) mass is 192 g/mol. The molecule has 0 saturated carbocycles. The summed E-state index contributed by atoms with van der Waals surface area (Å²) in [5.41, 5.74) is 1.26. The van der Waals surface area contributed by atoms with Crippen LogP contribution in [0.25, 0.3) is 0 Å². The maximum atomic E-state index is 9.84. The summed E-state index contributed by atoms with van der Waals surface area (Å²) in [6, 6.07) is 7.71. The first-order valence-electron chi connectivity index (χ1n) is 5.48. The van der Waals surface area contributed by atoms with Crippen LogP contribution in [0.4, 0.5) is 0 Å². The van der Waals surface area contributed by atoms with Crippen molar-refractivity contribution in [3.05, 3.63) is 29.8 Å². The third-order valence-corrected chi connectivity index (χ3v) is 3.51. The Labute approximate surface area is 86.8 Å². The lowest BCUT2D eigenvalue weighted by atomic mass is 9.73. The molecule has 0 heterocycles. The molecule has 1 rings (SSSR count). The van der Waals surface area contributed by atoms with E-state index in [1.807, 2.05) is 18.2 Å². The molecular weight excluding hydrogens is 172 g/mol. The zero-order valence-electron chi connectivity index (χ0n) is 9.38. The van der Waals surface area contributed by atoms with E-state index in [4.69, 9.17) is 0 Å². The first kappa shape index (κ1) is 11.1. The molecule has 1 N–H and O–H groups in total. The predicted molar refractivity (Wildman–Crippen MR) is 60.7 cm³/mol. The van der Waals surface area contributed by atoms with Crippen LogP contribution in [-0.4, -0.2) is 5.11 Å². The maximum absolute atomic E-state index is 9.84. The average molecular weight is 192 g/mol. The zero-order chi connectivity index (χ0) is 10.6. The number of hydrogen-bond acceptors (Lipinski definition) is 1. The van der Waals surface area contributed by atoms with Crippen molar-refractivity contribution < 1.29 is 5.11 Å². The Bertz CT molecular complexity index is 279. The Morgan fingerprint density at radius 3 is 1.93 bits per heavy atom. The van der Waals surface area contributed by atoms with Gasteiger partial charge in [-0.25, -0.2) is 0 Å². The number of aromatic hydroxyl groups is 1. The molecule has 0 bridgehead atoms. The highest BCUT2D eigenvalue weighted by molar-refractivity contribution is 5.38. The van der Waals surface area contributed by atoms with Gasteiger partial charge in [0.15, 0.2) is 0 Å². The van der Waals surface area contributed by atoms with E-state index in [9.17, 15) is 5.11 Å². The molecular formula is C13H20O. The Morgan fingerprint density at radius 1 is 1.00 bits per heavy atom. The van der Waals surface area contributed by atoms with Gasteiger partial charge in [0.05, 0.1) is 0 Å². The topological polar surface area (TPSA) is 20.2 Å². The molecule has 78 valence electrons. The lowest BCUT2D eigenvalue weighted by molar-refractivity contribution is 0.358. The van der Waals surface area contributed by atoms with Crippen molar-refractivity contribution in [3.8, 4) is 5.75 Å². The molecule has 0 atom stereocenters. The number of phenolic OH excluding ortho intramolecular Hbond substituents is 1. The van der Waals surface area contributed by atoms with Gasteiger partial charge in [0.1, 0.15) is 5.75 Å². The van der Waals surface area contributed by atoms with Gasteiger partial charge in [-0.3, -0.25) is 0 Å². The molecule has 0 unspecified atom stereocenters. The van der Waals surface area contributed by atoms with Crippen LogP contribution >= 0.6 is 0 Å². The van der Waals surface area contributed by atoms with Crippen LogP contribution in [0.1, 0.15) is 45.6 Å². The predicted octanol–water partition coefficient (Wildman–Crippen LogP) is 3.86. The highest BCUT2D eigenvalue weighted by Crippen LogP contribution is 2.39. The summed E-state index contributed by atoms with van der Waals surface area (Å²) < 4.78 is 0. The standard InChI is InChI=1S/C13H20O/c1-4-13(5-2,6-3)11-9-7-8-10-12(11)14/h7-10,14H,4-6H2,1-3H3. The average Bonchev–Trinajstić information content (AvgIpc) is 2.24. The van der Waals surface area contributed by atoms with Crippen LogP contribution in [-0.2, 0) is 5.41 Å². The van der Waals surface area contributed by atoms with Gasteiger partial charge in [-0.1, -0.05) is 39.0 Å². The number of phenols is 1. The van der Waals surface area contributed by atoms with E-state index in [0.717, 1.165) is 24.8 Å². The molecule has 0 amide bonds. The molecule has 1 nitrogen and oxygen atoms in total. The van der Waals surface area contributed by atoms with Gasteiger partial charge < -0.3 is 5.11 Å². The van der Waals surface area contributed by atoms with Gasteiger partial charge in [0, 0.05) is 5.56 Å². The van der Waals surface area contributed by atoms with Gasteiger partial charge in [-0.05, 0) is 30.7 Å². The fourth-order valence-electron chi connectivity index (χ4n) is 2.24. The molecule has 1 aromatic carbocycles. The minimum atomic E-state index is 0.158. The van der Waals surface area contributed by atoms with Crippen LogP contribution in [0.2, 0.25) is 0 Å². The third kappa shape index (κ3) is 1.77. The summed E-state index contributed by atoms with van der Waals surface area (Å²) in [6.07, 6.45) is 3.24. The van der Waals surface area contributed by atoms with Crippen LogP contribution in [0.15, 0.2) is 24.3 Å². The Hall–Kier alpha value is -0.980. The van der Waals surface area contributed by atoms with E-state index in [1.54, 1.807) is 6.07 Å². The molecule has 0 radical (unpaired) electrons. The second-order valence-corrected chi connectivity index (χ2v) is 3.86. The quantitative estimate of drug-likeness (QED) is 0.768. The molecule has 0 fully saturated rings. The smallest absolute Gasteiger partial charge is 0.119 e. The SMILES string of the molecule is CCC(CC)(CC)c1ccccc1O. The lowest BCUT2D eigenvalue weighted by Crippen LogP contribution is -2.23. The molecule has 0 aliphatic rings. The first-order chi connectivity index (χ1) is 6.70. The fourth-order valence-corrected chi connectivity index (χ4v) is 2.24. The van der Waals surface area contributed by atoms with Crippen molar-refractivity contribution in [1.82, 2.24) is 0 Å². The molecule has 0 saturated heterocycles. The molecule has 1 heteroatoms. The largest absolute Gasteiger partial charge is 0.508 e. The van der Waals surface area contributed by atoms with Crippen molar-refractivity contribution in [2.24, 2.45) is 0 Å². The molecule has 14 heavy (non-hydrogen) atoms. The van der Waals surface area contributed by atoms with Crippen LogP contribution in [0, 0.1) is 0 Å². The molecule has 1 aromatic rings. The van der Waals surface area contributed by atoms with E-state index in [0.29, 0.717) is 5.75 Å². The van der Waals surface area contributed by atoms with Crippen molar-refractivity contribution in [2.75, 3.05) is 0 Å². The van der Waals surface area contributed by atoms with E-state index < -0.39 is 0 Å². The summed E-state index contributed by atoms with van der Waals surface area (Å²) in [4.78, 5) is 0. The zero-order valence-corrected chi connectivity index (χ0v) is 9.38. The molecule has 0 aliphatic heterocycles. The number of rotatable bonds is 4. The summed E-state index contributed by atoms with van der Waals surface area (Å²) in [5.74, 6) is 0.443. The fraction of sp³-hybridized carbons (Fsp3) is 0.538. The third-order valence-electron chi connectivity index (χ3n) is 3.51. The van der Waals surface area contributed by atoms with Crippen LogP contribution in [0.3, 0.4) is 0 Å². The van der Waals surface area contributed by atoms with Crippen LogP contribution in [0.5, 0.6) is 5.75 Å². The summed E-state index contributed by atoms with van der Waals surface area (Å²) >= 11 is 0. The molecule has 0 spiro atoms. The first-order valence-corrected chi connectivity index (χ1v) is 5.48. The number of para-hydroxylation sites is 1. The van der Waals surface area contributed by atoms with Crippen molar-refractivity contribution >= 4 is 0 Å². The van der Waals surface area contributed by atoms with Crippen molar-refractivity contribution in [1.29, 1.82) is 0 Å². The molecule has 0 aliphatic carbocycles. The van der Waals surface area contributed by atoms with Gasteiger partial charge >= 0.3 is 0 Å². The summed E-state index contributed by atoms with van der Waals surface area (Å²) in [5, 5.41) is 9.84. The normalized spacial score (nSPS) is 11.6.